The van der Waals surface area contributed by atoms with E-state index < -0.39 is 18.1 Å². The molecule has 82 valence electrons. The van der Waals surface area contributed by atoms with Crippen LogP contribution in [0, 0.1) is 0 Å². The van der Waals surface area contributed by atoms with Crippen molar-refractivity contribution < 1.29 is 18.7 Å². The van der Waals surface area contributed by atoms with Crippen LogP contribution >= 0.6 is 11.6 Å². The highest BCUT2D eigenvalue weighted by Gasteiger charge is 2.20. The largest absolute Gasteiger partial charge is 0.478 e. The second-order valence-corrected chi connectivity index (χ2v) is 2.96. The number of hydrogen-bond acceptors (Lipinski definition) is 3. The number of pyridine rings is 1. The first kappa shape index (κ1) is 11.6. The van der Waals surface area contributed by atoms with E-state index in [-0.39, 0.29) is 22.7 Å². The van der Waals surface area contributed by atoms with Gasteiger partial charge < -0.3 is 10.8 Å². The number of halogens is 3. The van der Waals surface area contributed by atoms with Gasteiger partial charge in [-0.25, -0.2) is 13.6 Å². The van der Waals surface area contributed by atoms with Crippen molar-refractivity contribution in [1.29, 1.82) is 0 Å². The number of aromatic nitrogens is 1. The molecule has 0 radical (unpaired) electrons. The summed E-state index contributed by atoms with van der Waals surface area (Å²) in [6, 6.07) is 0. The predicted molar refractivity (Wildman–Crippen MR) is 50.1 cm³/mol. The van der Waals surface area contributed by atoms with Crippen LogP contribution in [-0.4, -0.2) is 16.1 Å². The molecule has 0 fully saturated rings. The van der Waals surface area contributed by atoms with Crippen LogP contribution in [-0.2, 0) is 5.88 Å². The van der Waals surface area contributed by atoms with Crippen LogP contribution in [0.15, 0.2) is 6.20 Å². The highest BCUT2D eigenvalue weighted by molar-refractivity contribution is 6.18. The van der Waals surface area contributed by atoms with Gasteiger partial charge in [0.1, 0.15) is 5.69 Å². The topological polar surface area (TPSA) is 76.2 Å². The average molecular weight is 237 g/mol. The van der Waals surface area contributed by atoms with Crippen molar-refractivity contribution in [2.24, 2.45) is 0 Å². The fourth-order valence-electron chi connectivity index (χ4n) is 1.08. The summed E-state index contributed by atoms with van der Waals surface area (Å²) in [4.78, 5) is 14.0. The summed E-state index contributed by atoms with van der Waals surface area (Å²) in [6.07, 6.45) is -2.02. The van der Waals surface area contributed by atoms with E-state index in [0.717, 1.165) is 6.20 Å². The van der Waals surface area contributed by atoms with Gasteiger partial charge >= 0.3 is 5.97 Å². The highest BCUT2D eigenvalue weighted by Crippen LogP contribution is 2.28. The lowest BCUT2D eigenvalue weighted by Crippen LogP contribution is -2.09. The van der Waals surface area contributed by atoms with E-state index in [4.69, 9.17) is 22.4 Å². The molecule has 0 saturated heterocycles. The molecular formula is C8H7ClF2N2O2. The molecule has 7 heteroatoms. The number of nitrogens with two attached hydrogens (primary N) is 1. The Bertz CT molecular complexity index is 398. The maximum Gasteiger partial charge on any atom is 0.337 e. The third-order valence-corrected chi connectivity index (χ3v) is 2.10. The molecule has 1 aromatic heterocycles. The van der Waals surface area contributed by atoms with E-state index in [0.29, 0.717) is 0 Å². The summed E-state index contributed by atoms with van der Waals surface area (Å²) in [5.41, 5.74) is 4.05. The molecule has 1 rings (SSSR count). The number of nitrogens with zero attached hydrogens (tertiary/aromatic N) is 1. The Kier molecular flexibility index (Phi) is 3.41. The van der Waals surface area contributed by atoms with Crippen LogP contribution in [0.3, 0.4) is 0 Å². The lowest BCUT2D eigenvalue weighted by atomic mass is 10.1. The molecule has 1 aromatic rings. The van der Waals surface area contributed by atoms with Gasteiger partial charge in [0.15, 0.2) is 0 Å². The molecule has 1 heterocycles. The number of aromatic carboxylic acids is 1. The second kappa shape index (κ2) is 4.39. The smallest absolute Gasteiger partial charge is 0.337 e. The maximum atomic E-state index is 12.3. The summed E-state index contributed by atoms with van der Waals surface area (Å²) >= 11 is 5.44. The van der Waals surface area contributed by atoms with Gasteiger partial charge in [-0.3, -0.25) is 4.98 Å². The fourth-order valence-corrected chi connectivity index (χ4v) is 1.37. The molecule has 0 aliphatic heterocycles. The summed E-state index contributed by atoms with van der Waals surface area (Å²) in [5, 5.41) is 8.71. The van der Waals surface area contributed by atoms with E-state index in [1.165, 1.54) is 0 Å². The van der Waals surface area contributed by atoms with Gasteiger partial charge in [-0.1, -0.05) is 0 Å². The van der Waals surface area contributed by atoms with Crippen molar-refractivity contribution in [3.05, 3.63) is 23.0 Å². The SMILES string of the molecule is Nc1c(C(F)F)ncc(C(=O)O)c1CCl. The first-order chi connectivity index (χ1) is 6.99. The number of anilines is 1. The van der Waals surface area contributed by atoms with Gasteiger partial charge in [-0.2, -0.15) is 0 Å². The van der Waals surface area contributed by atoms with Crippen molar-refractivity contribution in [3.63, 3.8) is 0 Å². The maximum absolute atomic E-state index is 12.3. The van der Waals surface area contributed by atoms with Crippen LogP contribution in [0.1, 0.15) is 28.0 Å². The van der Waals surface area contributed by atoms with E-state index in [2.05, 4.69) is 4.98 Å². The summed E-state index contributed by atoms with van der Waals surface area (Å²) < 4.78 is 24.7. The highest BCUT2D eigenvalue weighted by atomic mass is 35.5. The first-order valence-electron chi connectivity index (χ1n) is 3.83. The molecule has 0 spiro atoms. The number of hydrogen-bond donors (Lipinski definition) is 2. The van der Waals surface area contributed by atoms with Crippen molar-refractivity contribution in [1.82, 2.24) is 4.98 Å². The molecule has 0 unspecified atom stereocenters. The summed E-state index contributed by atoms with van der Waals surface area (Å²) in [7, 11) is 0. The zero-order valence-corrected chi connectivity index (χ0v) is 8.13. The molecule has 0 saturated carbocycles. The first-order valence-corrected chi connectivity index (χ1v) is 4.37. The van der Waals surface area contributed by atoms with Gasteiger partial charge in [0, 0.05) is 11.8 Å². The zero-order chi connectivity index (χ0) is 11.6. The monoisotopic (exact) mass is 236 g/mol. The Morgan fingerprint density at radius 3 is 2.67 bits per heavy atom. The quantitative estimate of drug-likeness (QED) is 0.788. The Balaban J connectivity index is 3.39. The Morgan fingerprint density at radius 1 is 1.67 bits per heavy atom. The molecule has 4 nitrogen and oxygen atoms in total. The van der Waals surface area contributed by atoms with E-state index in [1.807, 2.05) is 0 Å². The molecular weight excluding hydrogens is 230 g/mol. The number of alkyl halides is 3. The number of carboxylic acids is 1. The van der Waals surface area contributed by atoms with Crippen molar-refractivity contribution in [2.75, 3.05) is 5.73 Å². The normalized spacial score (nSPS) is 10.7. The molecule has 0 bridgehead atoms. The molecule has 0 aromatic carbocycles. The third-order valence-electron chi connectivity index (χ3n) is 1.83. The number of carboxylic acid groups (broad SMARTS) is 1. The minimum atomic E-state index is -2.85. The van der Waals surface area contributed by atoms with E-state index in [9.17, 15) is 13.6 Å². The van der Waals surface area contributed by atoms with Gasteiger partial charge in [-0.15, -0.1) is 11.6 Å². The Hall–Kier alpha value is -1.43. The summed E-state index contributed by atoms with van der Waals surface area (Å²) in [6.45, 7) is 0. The molecule has 0 atom stereocenters. The second-order valence-electron chi connectivity index (χ2n) is 2.69. The molecule has 0 amide bonds. The minimum absolute atomic E-state index is 0.0329. The average Bonchev–Trinajstić information content (AvgIpc) is 2.16. The van der Waals surface area contributed by atoms with Crippen molar-refractivity contribution in [2.45, 2.75) is 12.3 Å². The van der Waals surface area contributed by atoms with Crippen molar-refractivity contribution in [3.8, 4) is 0 Å². The third kappa shape index (κ3) is 2.15. The van der Waals surface area contributed by atoms with Crippen LogP contribution in [0.25, 0.3) is 0 Å². The number of nitrogen functional groups attached to an aromatic ring is 1. The number of rotatable bonds is 3. The lowest BCUT2D eigenvalue weighted by Gasteiger charge is -2.10. The Labute approximate surface area is 88.7 Å². The van der Waals surface area contributed by atoms with Crippen LogP contribution in [0.4, 0.5) is 14.5 Å². The fraction of sp³-hybridized carbons (Fsp3) is 0.250. The predicted octanol–water partition coefficient (Wildman–Crippen LogP) is 2.04. The standard InChI is InChI=1S/C8H7ClF2N2O2/c9-1-3-4(8(14)15)2-13-6(5(3)12)7(10)11/h2,7H,1,12H2,(H,14,15). The number of carbonyl (C=O) groups is 1. The van der Waals surface area contributed by atoms with Crippen LogP contribution < -0.4 is 5.73 Å². The Morgan fingerprint density at radius 2 is 2.27 bits per heavy atom. The van der Waals surface area contributed by atoms with Crippen molar-refractivity contribution >= 4 is 23.3 Å². The minimum Gasteiger partial charge on any atom is -0.478 e. The molecule has 3 N–H and O–H groups in total. The molecule has 15 heavy (non-hydrogen) atoms. The van der Waals surface area contributed by atoms with Gasteiger partial charge in [0.25, 0.3) is 6.43 Å². The molecule has 0 aliphatic rings. The summed E-state index contributed by atoms with van der Waals surface area (Å²) in [5.74, 6) is -1.55. The molecule has 0 aliphatic carbocycles. The van der Waals surface area contributed by atoms with E-state index in [1.54, 1.807) is 0 Å². The van der Waals surface area contributed by atoms with Crippen LogP contribution in [0.5, 0.6) is 0 Å². The van der Waals surface area contributed by atoms with Gasteiger partial charge in [0.2, 0.25) is 0 Å². The van der Waals surface area contributed by atoms with Gasteiger partial charge in [0.05, 0.1) is 17.1 Å². The lowest BCUT2D eigenvalue weighted by molar-refractivity contribution is 0.0695. The van der Waals surface area contributed by atoms with E-state index >= 15 is 0 Å². The zero-order valence-electron chi connectivity index (χ0n) is 7.38. The van der Waals surface area contributed by atoms with Gasteiger partial charge in [-0.05, 0) is 0 Å². The van der Waals surface area contributed by atoms with Crippen LogP contribution in [0.2, 0.25) is 0 Å².